The number of alkyl halides is 3. The van der Waals surface area contributed by atoms with E-state index in [4.69, 9.17) is 4.74 Å². The highest BCUT2D eigenvalue weighted by Gasteiger charge is 2.46. The van der Waals surface area contributed by atoms with Gasteiger partial charge in [-0.05, 0) is 25.5 Å². The summed E-state index contributed by atoms with van der Waals surface area (Å²) in [6.45, 7) is 1.90. The van der Waals surface area contributed by atoms with E-state index in [-0.39, 0.29) is 11.3 Å². The molecule has 1 aromatic carbocycles. The number of hydrogen-bond acceptors (Lipinski definition) is 3. The molecule has 0 bridgehead atoms. The Morgan fingerprint density at radius 3 is 2.33 bits per heavy atom. The van der Waals surface area contributed by atoms with E-state index in [1.807, 2.05) is 0 Å². The quantitative estimate of drug-likeness (QED) is 0.843. The van der Waals surface area contributed by atoms with Gasteiger partial charge in [-0.15, -0.1) is 0 Å². The lowest BCUT2D eigenvalue weighted by atomic mass is 10.2. The molecule has 1 atom stereocenters. The van der Waals surface area contributed by atoms with Crippen molar-refractivity contribution in [1.82, 2.24) is 4.72 Å². The molecule has 120 valence electrons. The molecule has 0 saturated carbocycles. The summed E-state index contributed by atoms with van der Waals surface area (Å²) < 4.78 is 90.5. The van der Waals surface area contributed by atoms with Crippen molar-refractivity contribution in [2.45, 2.75) is 25.4 Å². The molecular weight excluding hydrogens is 321 g/mol. The fraction of sp³-hybridized carbons (Fsp3) is 0.455. The molecule has 0 aliphatic carbocycles. The number of benzene rings is 1. The van der Waals surface area contributed by atoms with Crippen LogP contribution in [0.5, 0.6) is 5.75 Å². The SMILES string of the molecule is Cc1cc(OC[C@H](C)NS(=O)(=O)C(F)(F)F)c(F)cc1F. The molecule has 10 heteroatoms. The highest BCUT2D eigenvalue weighted by Crippen LogP contribution is 2.23. The third-order valence-corrected chi connectivity index (χ3v) is 3.69. The zero-order valence-electron chi connectivity index (χ0n) is 11.0. The molecule has 4 nitrogen and oxygen atoms in total. The van der Waals surface area contributed by atoms with Crippen LogP contribution >= 0.6 is 0 Å². The van der Waals surface area contributed by atoms with Crippen LogP contribution in [0.3, 0.4) is 0 Å². The van der Waals surface area contributed by atoms with Crippen LogP contribution in [-0.4, -0.2) is 26.6 Å². The highest BCUT2D eigenvalue weighted by molar-refractivity contribution is 7.90. The number of rotatable bonds is 5. The molecule has 0 spiro atoms. The van der Waals surface area contributed by atoms with Crippen LogP contribution < -0.4 is 9.46 Å². The van der Waals surface area contributed by atoms with Gasteiger partial charge in [0.2, 0.25) is 0 Å². The van der Waals surface area contributed by atoms with Gasteiger partial charge in [-0.25, -0.2) is 21.9 Å². The summed E-state index contributed by atoms with van der Waals surface area (Å²) in [7, 11) is -5.51. The zero-order chi connectivity index (χ0) is 16.4. The lowest BCUT2D eigenvalue weighted by molar-refractivity contribution is -0.0451. The molecule has 0 fully saturated rings. The second-order valence-corrected chi connectivity index (χ2v) is 6.02. The first-order valence-corrected chi connectivity index (χ1v) is 7.09. The van der Waals surface area contributed by atoms with Crippen LogP contribution in [0.1, 0.15) is 12.5 Å². The molecule has 1 rings (SSSR count). The van der Waals surface area contributed by atoms with Crippen LogP contribution in [-0.2, 0) is 10.0 Å². The van der Waals surface area contributed by atoms with Crippen molar-refractivity contribution in [3.63, 3.8) is 0 Å². The van der Waals surface area contributed by atoms with Crippen LogP contribution in [0.4, 0.5) is 22.0 Å². The first kappa shape index (κ1) is 17.6. The normalized spacial score (nSPS) is 14.0. The van der Waals surface area contributed by atoms with E-state index in [1.54, 1.807) is 0 Å². The number of halogens is 5. The molecule has 21 heavy (non-hydrogen) atoms. The summed E-state index contributed by atoms with van der Waals surface area (Å²) in [4.78, 5) is 0. The molecule has 0 saturated heterocycles. The molecule has 1 N–H and O–H groups in total. The summed E-state index contributed by atoms with van der Waals surface area (Å²) in [5.74, 6) is -2.22. The van der Waals surface area contributed by atoms with E-state index in [9.17, 15) is 30.4 Å². The van der Waals surface area contributed by atoms with Gasteiger partial charge in [0.15, 0.2) is 11.6 Å². The van der Waals surface area contributed by atoms with Crippen molar-refractivity contribution in [3.8, 4) is 5.75 Å². The van der Waals surface area contributed by atoms with Crippen molar-refractivity contribution in [1.29, 1.82) is 0 Å². The Bertz CT molecular complexity index is 615. The number of hydrogen-bond donors (Lipinski definition) is 1. The van der Waals surface area contributed by atoms with E-state index in [1.165, 1.54) is 11.6 Å². The fourth-order valence-corrected chi connectivity index (χ4v) is 2.05. The summed E-state index contributed by atoms with van der Waals surface area (Å²) in [6, 6.07) is 0.326. The van der Waals surface area contributed by atoms with E-state index >= 15 is 0 Å². The van der Waals surface area contributed by atoms with Gasteiger partial charge in [0.25, 0.3) is 0 Å². The third kappa shape index (κ3) is 4.53. The maximum absolute atomic E-state index is 13.3. The monoisotopic (exact) mass is 333 g/mol. The van der Waals surface area contributed by atoms with Gasteiger partial charge in [-0.2, -0.15) is 13.2 Å². The van der Waals surface area contributed by atoms with Crippen LogP contribution in [0, 0.1) is 18.6 Å². The highest BCUT2D eigenvalue weighted by atomic mass is 32.2. The zero-order valence-corrected chi connectivity index (χ0v) is 11.8. The molecule has 0 aliphatic rings. The molecular formula is C11H12F5NO3S. The molecule has 0 amide bonds. The second-order valence-electron chi connectivity index (χ2n) is 4.31. The summed E-state index contributed by atoms with van der Waals surface area (Å²) in [6.07, 6.45) is 0. The molecule has 1 aromatic rings. The van der Waals surface area contributed by atoms with Crippen LogP contribution in [0.15, 0.2) is 12.1 Å². The summed E-state index contributed by atoms with van der Waals surface area (Å²) >= 11 is 0. The third-order valence-electron chi connectivity index (χ3n) is 2.36. The Kier molecular flexibility index (Phi) is 5.16. The van der Waals surface area contributed by atoms with Gasteiger partial charge in [0, 0.05) is 6.07 Å². The van der Waals surface area contributed by atoms with Gasteiger partial charge in [-0.1, -0.05) is 0 Å². The maximum Gasteiger partial charge on any atom is 0.511 e. The van der Waals surface area contributed by atoms with E-state index < -0.39 is 39.8 Å². The standard InChI is InChI=1S/C11H12F5NO3S/c1-6-3-10(9(13)4-8(6)12)20-5-7(2)17-21(18,19)11(14,15)16/h3-4,7,17H,5H2,1-2H3/t7-/m0/s1. The van der Waals surface area contributed by atoms with Crippen LogP contribution in [0.25, 0.3) is 0 Å². The minimum absolute atomic E-state index is 0.0786. The van der Waals surface area contributed by atoms with Gasteiger partial charge in [0.05, 0.1) is 6.04 Å². The number of aryl methyl sites for hydroxylation is 1. The molecule has 0 heterocycles. The fourth-order valence-electron chi connectivity index (χ4n) is 1.32. The first-order chi connectivity index (χ1) is 9.44. The number of nitrogens with one attached hydrogen (secondary N) is 1. The number of ether oxygens (including phenoxy) is 1. The van der Waals surface area contributed by atoms with Gasteiger partial charge in [-0.3, -0.25) is 0 Å². The second kappa shape index (κ2) is 6.14. The Balaban J connectivity index is 2.70. The van der Waals surface area contributed by atoms with E-state index in [0.717, 1.165) is 13.0 Å². The van der Waals surface area contributed by atoms with Crippen molar-refractivity contribution in [3.05, 3.63) is 29.3 Å². The lowest BCUT2D eigenvalue weighted by Crippen LogP contribution is -2.43. The van der Waals surface area contributed by atoms with Crippen molar-refractivity contribution in [2.75, 3.05) is 6.61 Å². The van der Waals surface area contributed by atoms with E-state index in [0.29, 0.717) is 6.07 Å². The Morgan fingerprint density at radius 1 is 1.24 bits per heavy atom. The molecule has 0 radical (unpaired) electrons. The van der Waals surface area contributed by atoms with Crippen molar-refractivity contribution >= 4 is 10.0 Å². The average Bonchev–Trinajstić information content (AvgIpc) is 2.30. The predicted molar refractivity (Wildman–Crippen MR) is 64.2 cm³/mol. The Morgan fingerprint density at radius 2 is 1.81 bits per heavy atom. The summed E-state index contributed by atoms with van der Waals surface area (Å²) in [5.41, 5.74) is -5.37. The topological polar surface area (TPSA) is 55.4 Å². The minimum Gasteiger partial charge on any atom is -0.489 e. The van der Waals surface area contributed by atoms with E-state index in [2.05, 4.69) is 0 Å². The molecule has 0 aromatic heterocycles. The van der Waals surface area contributed by atoms with Gasteiger partial charge in [0.1, 0.15) is 12.4 Å². The molecule has 0 unspecified atom stereocenters. The summed E-state index contributed by atoms with van der Waals surface area (Å²) in [5, 5.41) is 0. The van der Waals surface area contributed by atoms with Gasteiger partial charge >= 0.3 is 15.5 Å². The number of sulfonamides is 1. The lowest BCUT2D eigenvalue weighted by Gasteiger charge is -2.17. The first-order valence-electron chi connectivity index (χ1n) is 5.61. The smallest absolute Gasteiger partial charge is 0.489 e. The minimum atomic E-state index is -5.51. The largest absolute Gasteiger partial charge is 0.511 e. The predicted octanol–water partition coefficient (Wildman–Crippen LogP) is 2.48. The van der Waals surface area contributed by atoms with Crippen LogP contribution in [0.2, 0.25) is 0 Å². The van der Waals surface area contributed by atoms with Crippen molar-refractivity contribution in [2.24, 2.45) is 0 Å². The van der Waals surface area contributed by atoms with Gasteiger partial charge < -0.3 is 4.74 Å². The maximum atomic E-state index is 13.3. The Hall–Kier alpha value is -1.42. The Labute approximate surface area is 118 Å². The molecule has 0 aliphatic heterocycles. The average molecular weight is 333 g/mol. The van der Waals surface area contributed by atoms with Crippen molar-refractivity contribution < 1.29 is 35.1 Å².